The predicted octanol–water partition coefficient (Wildman–Crippen LogP) is 0.676. The largest absolute Gasteiger partial charge is 0.480 e. The molecule has 1 saturated heterocycles. The molecule has 2 aromatic heterocycles. The molecule has 28 heavy (non-hydrogen) atoms. The van der Waals surface area contributed by atoms with Crippen LogP contribution in [-0.2, 0) is 4.57 Å². The molecule has 0 aromatic carbocycles. The zero-order valence-electron chi connectivity index (χ0n) is 15.3. The van der Waals surface area contributed by atoms with E-state index in [1.165, 1.54) is 13.3 Å². The molecule has 0 atom stereocenters. The van der Waals surface area contributed by atoms with Crippen LogP contribution in [0, 0.1) is 5.92 Å². The van der Waals surface area contributed by atoms with E-state index in [1.807, 2.05) is 0 Å². The van der Waals surface area contributed by atoms with Crippen molar-refractivity contribution in [3.05, 3.63) is 22.6 Å². The van der Waals surface area contributed by atoms with Crippen LogP contribution in [0.3, 0.4) is 0 Å². The lowest BCUT2D eigenvalue weighted by Crippen LogP contribution is -2.35. The molecule has 0 aliphatic carbocycles. The van der Waals surface area contributed by atoms with Crippen LogP contribution in [0.15, 0.2) is 17.1 Å². The summed E-state index contributed by atoms with van der Waals surface area (Å²) >= 11 is 4.84. The van der Waals surface area contributed by atoms with Crippen LogP contribution in [-0.4, -0.2) is 56.0 Å². The van der Waals surface area contributed by atoms with Crippen molar-refractivity contribution < 1.29 is 19.1 Å². The average molecular weight is 427 g/mol. The molecule has 2 aromatic rings. The minimum absolute atomic E-state index is 0.0827. The molecule has 1 aliphatic heterocycles. The molecule has 3 heterocycles. The van der Waals surface area contributed by atoms with Gasteiger partial charge in [-0.2, -0.15) is 14.8 Å². The number of hydrogen-bond acceptors (Lipinski definition) is 7. The molecule has 0 saturated carbocycles. The fraction of sp³-hybridized carbons (Fsp3) is 0.500. The number of anilines is 1. The molecule has 0 bridgehead atoms. The summed E-state index contributed by atoms with van der Waals surface area (Å²) in [7, 11) is -2.52. The fourth-order valence-electron chi connectivity index (χ4n) is 3.39. The molecule has 0 unspecified atom stereocenters. The van der Waals surface area contributed by atoms with E-state index in [-0.39, 0.29) is 28.5 Å². The van der Waals surface area contributed by atoms with Gasteiger partial charge in [-0.1, -0.05) is 0 Å². The van der Waals surface area contributed by atoms with Gasteiger partial charge in [0.25, 0.3) is 5.56 Å². The summed E-state index contributed by atoms with van der Waals surface area (Å²) in [5, 5.41) is 4.66. The van der Waals surface area contributed by atoms with E-state index < -0.39 is 13.2 Å². The van der Waals surface area contributed by atoms with E-state index in [2.05, 4.69) is 15.0 Å². The van der Waals surface area contributed by atoms with E-state index in [9.17, 15) is 9.36 Å². The first-order valence-corrected chi connectivity index (χ1v) is 11.0. The number of nitrogens with zero attached hydrogens (tertiary/aromatic N) is 4. The molecule has 1 fully saturated rings. The molecule has 4 N–H and O–H groups in total. The maximum absolute atomic E-state index is 12.6. The topological polar surface area (TPSA) is 144 Å². The summed E-state index contributed by atoms with van der Waals surface area (Å²) in [5.74, 6) is 1.10. The van der Waals surface area contributed by atoms with Gasteiger partial charge in [0.15, 0.2) is 5.11 Å². The second kappa shape index (κ2) is 8.12. The Balaban J connectivity index is 1.83. The lowest BCUT2D eigenvalue weighted by molar-refractivity contribution is 0.349. The highest BCUT2D eigenvalue weighted by molar-refractivity contribution is 7.80. The van der Waals surface area contributed by atoms with Gasteiger partial charge in [0.05, 0.1) is 19.5 Å². The molecular weight excluding hydrogens is 405 g/mol. The Bertz CT molecular complexity index is 999. The Labute approximate surface area is 166 Å². The third-order valence-electron chi connectivity index (χ3n) is 4.89. The number of nitrogens with two attached hydrogens (primary N) is 1. The van der Waals surface area contributed by atoms with Crippen LogP contribution in [0.4, 0.5) is 5.82 Å². The first-order chi connectivity index (χ1) is 13.2. The van der Waals surface area contributed by atoms with Crippen molar-refractivity contribution in [2.24, 2.45) is 11.7 Å². The first-order valence-electron chi connectivity index (χ1n) is 8.76. The highest BCUT2D eigenvalue weighted by Crippen LogP contribution is 2.38. The zero-order chi connectivity index (χ0) is 20.5. The van der Waals surface area contributed by atoms with E-state index in [0.29, 0.717) is 30.7 Å². The maximum atomic E-state index is 12.6. The van der Waals surface area contributed by atoms with Crippen LogP contribution in [0.5, 0.6) is 5.88 Å². The van der Waals surface area contributed by atoms with E-state index in [1.54, 1.807) is 6.07 Å². The minimum atomic E-state index is -3.96. The van der Waals surface area contributed by atoms with Gasteiger partial charge in [-0.05, 0) is 43.5 Å². The number of ether oxygens (including phenoxy) is 1. The van der Waals surface area contributed by atoms with Gasteiger partial charge in [-0.3, -0.25) is 9.36 Å². The molecule has 152 valence electrons. The Morgan fingerprint density at radius 3 is 2.68 bits per heavy atom. The lowest BCUT2D eigenvalue weighted by atomic mass is 9.94. The number of fused-ring (bicyclic) bond motifs is 1. The summed E-state index contributed by atoms with van der Waals surface area (Å²) in [6.07, 6.45) is 3.54. The van der Waals surface area contributed by atoms with Crippen molar-refractivity contribution >= 4 is 41.5 Å². The van der Waals surface area contributed by atoms with Crippen LogP contribution < -0.4 is 20.9 Å². The summed E-state index contributed by atoms with van der Waals surface area (Å²) in [6.45, 7) is 1.40. The molecule has 12 heteroatoms. The zero-order valence-corrected chi connectivity index (χ0v) is 17.0. The van der Waals surface area contributed by atoms with Gasteiger partial charge in [0, 0.05) is 18.5 Å². The fourth-order valence-corrected chi connectivity index (χ4v) is 4.22. The van der Waals surface area contributed by atoms with Gasteiger partial charge in [-0.25, -0.2) is 0 Å². The van der Waals surface area contributed by atoms with E-state index in [4.69, 9.17) is 32.5 Å². The number of aromatic nitrogens is 3. The van der Waals surface area contributed by atoms with Gasteiger partial charge >= 0.3 is 7.60 Å². The molecule has 1 aliphatic rings. The predicted molar refractivity (Wildman–Crippen MR) is 109 cm³/mol. The van der Waals surface area contributed by atoms with Crippen molar-refractivity contribution in [1.29, 1.82) is 0 Å². The van der Waals surface area contributed by atoms with Gasteiger partial charge in [-0.15, -0.1) is 0 Å². The summed E-state index contributed by atoms with van der Waals surface area (Å²) in [5.41, 5.74) is 5.03. The third kappa shape index (κ3) is 4.49. The summed E-state index contributed by atoms with van der Waals surface area (Å²) in [6, 6.07) is 1.77. The Morgan fingerprint density at radius 1 is 1.43 bits per heavy atom. The highest BCUT2D eigenvalue weighted by atomic mass is 32.1. The van der Waals surface area contributed by atoms with Crippen molar-refractivity contribution in [3.8, 4) is 5.88 Å². The number of rotatable bonds is 5. The Hall–Kier alpha value is -2.07. The summed E-state index contributed by atoms with van der Waals surface area (Å²) in [4.78, 5) is 37.2. The van der Waals surface area contributed by atoms with Crippen LogP contribution in [0.2, 0.25) is 0 Å². The first kappa shape index (κ1) is 20.7. The molecule has 0 spiro atoms. The van der Waals surface area contributed by atoms with Crippen molar-refractivity contribution in [2.75, 3.05) is 31.3 Å². The Morgan fingerprint density at radius 2 is 2.11 bits per heavy atom. The van der Waals surface area contributed by atoms with Crippen LogP contribution >= 0.6 is 19.8 Å². The summed E-state index contributed by atoms with van der Waals surface area (Å²) < 4.78 is 17.3. The maximum Gasteiger partial charge on any atom is 0.325 e. The lowest BCUT2D eigenvalue weighted by Gasteiger charge is -2.33. The van der Waals surface area contributed by atoms with Crippen LogP contribution in [0.25, 0.3) is 10.8 Å². The number of pyridine rings is 1. The third-order valence-corrected chi connectivity index (χ3v) is 5.90. The minimum Gasteiger partial charge on any atom is -0.480 e. The molecule has 10 nitrogen and oxygen atoms in total. The number of hydrogen-bond donors (Lipinski definition) is 3. The molecule has 0 radical (unpaired) electrons. The molecule has 3 rings (SSSR count). The highest BCUT2D eigenvalue weighted by Gasteiger charge is 2.24. The number of piperidine rings is 1. The van der Waals surface area contributed by atoms with Crippen LogP contribution in [0.1, 0.15) is 19.3 Å². The normalized spacial score (nSPS) is 15.8. The molecular formula is C16H22N5O5PS. The average Bonchev–Trinajstić information content (AvgIpc) is 2.65. The smallest absolute Gasteiger partial charge is 0.325 e. The van der Waals surface area contributed by atoms with Crippen molar-refractivity contribution in [2.45, 2.75) is 19.3 Å². The van der Waals surface area contributed by atoms with E-state index in [0.717, 1.165) is 17.5 Å². The number of methoxy groups -OCH3 is 1. The Kier molecular flexibility index (Phi) is 5.99. The van der Waals surface area contributed by atoms with E-state index >= 15 is 0 Å². The van der Waals surface area contributed by atoms with Gasteiger partial charge in [0.1, 0.15) is 11.2 Å². The SMILES string of the molecule is COc1nc(N2CCC(CCP(=O)(O)O)CC2)cc2cnn(C(N)=S)c(=O)c12. The van der Waals surface area contributed by atoms with Gasteiger partial charge in [0.2, 0.25) is 5.88 Å². The van der Waals surface area contributed by atoms with Crippen molar-refractivity contribution in [1.82, 2.24) is 14.8 Å². The van der Waals surface area contributed by atoms with Gasteiger partial charge < -0.3 is 25.2 Å². The number of thiocarbonyl (C=S) groups is 1. The quantitative estimate of drug-likeness (QED) is 0.460. The standard InChI is InChI=1S/C16H22N5O5PS/c1-26-14-13-11(9-18-21(15(13)22)16(17)28)8-12(19-14)20-5-2-10(3-6-20)4-7-27(23,24)25/h8-10H,2-7H2,1H3,(H2,17,28)(H2,23,24,25). The second-order valence-corrected chi connectivity index (χ2v) is 8.96. The monoisotopic (exact) mass is 427 g/mol. The molecule has 0 amide bonds. The second-order valence-electron chi connectivity index (χ2n) is 6.76. The van der Waals surface area contributed by atoms with Crippen molar-refractivity contribution in [3.63, 3.8) is 0 Å².